The van der Waals surface area contributed by atoms with Gasteiger partial charge in [0.2, 0.25) is 0 Å². The van der Waals surface area contributed by atoms with E-state index in [9.17, 15) is 0 Å². The first-order chi connectivity index (χ1) is 5.68. The second-order valence-electron chi connectivity index (χ2n) is 2.76. The molecule has 0 atom stereocenters. The number of hydrogen-bond donors (Lipinski definition) is 1. The average Bonchev–Trinajstić information content (AvgIpc) is 2.28. The van der Waals surface area contributed by atoms with Crippen LogP contribution in [-0.4, -0.2) is 0 Å². The van der Waals surface area contributed by atoms with E-state index < -0.39 is 0 Å². The zero-order valence-electron chi connectivity index (χ0n) is 6.60. The van der Waals surface area contributed by atoms with Gasteiger partial charge in [0.1, 0.15) is 0 Å². The zero-order chi connectivity index (χ0) is 8.72. The number of thiophene rings is 1. The van der Waals surface area contributed by atoms with Gasteiger partial charge in [-0.3, -0.25) is 0 Å². The van der Waals surface area contributed by atoms with Gasteiger partial charge in [0, 0.05) is 10.4 Å². The fourth-order valence-electron chi connectivity index (χ4n) is 1.21. The Morgan fingerprint density at radius 3 is 2.92 bits per heavy atom. The molecule has 2 N–H and O–H groups in total. The third-order valence-electron chi connectivity index (χ3n) is 1.90. The lowest BCUT2D eigenvalue weighted by molar-refractivity contribution is 1.57. The fourth-order valence-corrected chi connectivity index (χ4v) is 3.20. The van der Waals surface area contributed by atoms with Crippen molar-refractivity contribution in [3.8, 4) is 0 Å². The number of fused-ring (bicyclic) bond motifs is 1. The van der Waals surface area contributed by atoms with E-state index >= 15 is 0 Å². The second kappa shape index (κ2) is 2.88. The molecule has 0 spiro atoms. The molecule has 0 fully saturated rings. The van der Waals surface area contributed by atoms with Crippen LogP contribution in [0.2, 0.25) is 0 Å². The molecular weight excluding hydrogens is 281 g/mol. The molecule has 0 unspecified atom stereocenters. The molecule has 1 aromatic heterocycles. The van der Waals surface area contributed by atoms with Crippen LogP contribution in [0, 0.1) is 9.81 Å². The number of rotatable bonds is 0. The Kier molecular flexibility index (Phi) is 2.00. The molecule has 2 aromatic rings. The lowest BCUT2D eigenvalue weighted by Gasteiger charge is -1.92. The number of aryl methyl sites for hydroxylation is 1. The minimum atomic E-state index is 0.847. The van der Waals surface area contributed by atoms with Crippen LogP contribution < -0.4 is 5.73 Å². The first kappa shape index (κ1) is 8.31. The molecule has 62 valence electrons. The average molecular weight is 289 g/mol. The molecule has 12 heavy (non-hydrogen) atoms. The van der Waals surface area contributed by atoms with E-state index in [0.29, 0.717) is 0 Å². The normalized spacial score (nSPS) is 10.8. The van der Waals surface area contributed by atoms with Crippen molar-refractivity contribution < 1.29 is 0 Å². The largest absolute Gasteiger partial charge is 0.399 e. The van der Waals surface area contributed by atoms with Gasteiger partial charge in [-0.1, -0.05) is 6.07 Å². The molecule has 0 amide bonds. The monoisotopic (exact) mass is 289 g/mol. The first-order valence-corrected chi connectivity index (χ1v) is 5.52. The Hall–Kier alpha value is -0.290. The van der Waals surface area contributed by atoms with Crippen molar-refractivity contribution in [2.24, 2.45) is 0 Å². The second-order valence-corrected chi connectivity index (χ2v) is 5.62. The summed E-state index contributed by atoms with van der Waals surface area (Å²) in [5.41, 5.74) is 7.91. The summed E-state index contributed by atoms with van der Waals surface area (Å²) in [7, 11) is 0. The molecule has 0 bridgehead atoms. The van der Waals surface area contributed by atoms with Gasteiger partial charge in [-0.15, -0.1) is 11.3 Å². The van der Waals surface area contributed by atoms with Gasteiger partial charge in [-0.2, -0.15) is 0 Å². The van der Waals surface area contributed by atoms with Crippen molar-refractivity contribution >= 4 is 49.7 Å². The third kappa shape index (κ3) is 1.21. The van der Waals surface area contributed by atoms with Gasteiger partial charge in [-0.25, -0.2) is 0 Å². The highest BCUT2D eigenvalue weighted by molar-refractivity contribution is 14.1. The van der Waals surface area contributed by atoms with Crippen LogP contribution in [0.1, 0.15) is 5.56 Å². The highest BCUT2D eigenvalue weighted by atomic mass is 127. The van der Waals surface area contributed by atoms with Crippen molar-refractivity contribution in [1.82, 2.24) is 0 Å². The van der Waals surface area contributed by atoms with Crippen LogP contribution >= 0.6 is 33.9 Å². The Labute approximate surface area is 88.7 Å². The predicted octanol–water partition coefficient (Wildman–Crippen LogP) is 3.40. The van der Waals surface area contributed by atoms with Crippen molar-refractivity contribution in [1.29, 1.82) is 0 Å². The number of anilines is 1. The molecule has 2 rings (SSSR count). The quantitative estimate of drug-likeness (QED) is 0.584. The first-order valence-electron chi connectivity index (χ1n) is 3.62. The Bertz CT molecular complexity index is 433. The Morgan fingerprint density at radius 2 is 2.17 bits per heavy atom. The standard InChI is InChI=1S/C9H8INS/c1-5-7-3-2-6(11)4-8(7)12-9(5)10/h2-4H,11H2,1H3. The molecule has 0 aliphatic heterocycles. The van der Waals surface area contributed by atoms with Gasteiger partial charge >= 0.3 is 0 Å². The molecule has 0 aliphatic carbocycles. The highest BCUT2D eigenvalue weighted by Gasteiger charge is 2.04. The number of hydrogen-bond acceptors (Lipinski definition) is 2. The summed E-state index contributed by atoms with van der Waals surface area (Å²) in [6.07, 6.45) is 0. The van der Waals surface area contributed by atoms with Crippen LogP contribution in [0.25, 0.3) is 10.1 Å². The molecular formula is C9H8INS. The van der Waals surface area contributed by atoms with E-state index in [1.807, 2.05) is 12.1 Å². The number of nitrogens with two attached hydrogens (primary N) is 1. The molecule has 3 heteroatoms. The van der Waals surface area contributed by atoms with Crippen LogP contribution in [0.4, 0.5) is 5.69 Å². The molecule has 0 aliphatic rings. The van der Waals surface area contributed by atoms with Gasteiger partial charge in [0.15, 0.2) is 0 Å². The van der Waals surface area contributed by atoms with Crippen molar-refractivity contribution in [3.05, 3.63) is 26.6 Å². The summed E-state index contributed by atoms with van der Waals surface area (Å²) >= 11 is 4.17. The van der Waals surface area contributed by atoms with Crippen molar-refractivity contribution in [3.63, 3.8) is 0 Å². The molecule has 0 saturated heterocycles. The summed E-state index contributed by atoms with van der Waals surface area (Å²) in [4.78, 5) is 0. The maximum Gasteiger partial charge on any atom is 0.0695 e. The minimum Gasteiger partial charge on any atom is -0.399 e. The van der Waals surface area contributed by atoms with Crippen LogP contribution in [0.3, 0.4) is 0 Å². The molecule has 1 aromatic carbocycles. The minimum absolute atomic E-state index is 0.847. The SMILES string of the molecule is Cc1c(I)sc2cc(N)ccc12. The summed E-state index contributed by atoms with van der Waals surface area (Å²) in [6.45, 7) is 2.15. The lowest BCUT2D eigenvalue weighted by Crippen LogP contribution is -1.81. The van der Waals surface area contributed by atoms with Gasteiger partial charge in [0.25, 0.3) is 0 Å². The van der Waals surface area contributed by atoms with Crippen LogP contribution in [-0.2, 0) is 0 Å². The number of halogens is 1. The Balaban J connectivity index is 2.87. The molecule has 1 heterocycles. The maximum atomic E-state index is 5.69. The van der Waals surface area contributed by atoms with Gasteiger partial charge in [-0.05, 0) is 52.6 Å². The smallest absolute Gasteiger partial charge is 0.0695 e. The van der Waals surface area contributed by atoms with E-state index in [1.165, 1.54) is 18.5 Å². The van der Waals surface area contributed by atoms with Crippen LogP contribution in [0.5, 0.6) is 0 Å². The summed E-state index contributed by atoms with van der Waals surface area (Å²) in [5.74, 6) is 0. The van der Waals surface area contributed by atoms with Gasteiger partial charge < -0.3 is 5.73 Å². The summed E-state index contributed by atoms with van der Waals surface area (Å²) in [5, 5.41) is 1.33. The highest BCUT2D eigenvalue weighted by Crippen LogP contribution is 2.32. The van der Waals surface area contributed by atoms with E-state index in [1.54, 1.807) is 11.3 Å². The summed E-state index contributed by atoms with van der Waals surface area (Å²) < 4.78 is 2.64. The fraction of sp³-hybridized carbons (Fsp3) is 0.111. The topological polar surface area (TPSA) is 26.0 Å². The number of benzene rings is 1. The van der Waals surface area contributed by atoms with E-state index in [4.69, 9.17) is 5.73 Å². The van der Waals surface area contributed by atoms with E-state index in [-0.39, 0.29) is 0 Å². The summed E-state index contributed by atoms with van der Waals surface area (Å²) in [6, 6.07) is 6.09. The third-order valence-corrected chi connectivity index (χ3v) is 4.42. The predicted molar refractivity (Wildman–Crippen MR) is 63.7 cm³/mol. The number of nitrogen functional groups attached to an aromatic ring is 1. The molecule has 1 nitrogen and oxygen atoms in total. The Morgan fingerprint density at radius 1 is 1.42 bits per heavy atom. The molecule has 0 radical (unpaired) electrons. The van der Waals surface area contributed by atoms with Gasteiger partial charge in [0.05, 0.1) is 2.88 Å². The lowest BCUT2D eigenvalue weighted by atomic mass is 10.2. The van der Waals surface area contributed by atoms with Crippen LogP contribution in [0.15, 0.2) is 18.2 Å². The molecule has 0 saturated carbocycles. The van der Waals surface area contributed by atoms with Crippen molar-refractivity contribution in [2.75, 3.05) is 5.73 Å². The zero-order valence-corrected chi connectivity index (χ0v) is 9.57. The van der Waals surface area contributed by atoms with E-state index in [2.05, 4.69) is 35.6 Å². The maximum absolute atomic E-state index is 5.69. The van der Waals surface area contributed by atoms with E-state index in [0.717, 1.165) is 5.69 Å². The van der Waals surface area contributed by atoms with Crippen molar-refractivity contribution in [2.45, 2.75) is 6.92 Å².